The summed E-state index contributed by atoms with van der Waals surface area (Å²) >= 11 is 0. The summed E-state index contributed by atoms with van der Waals surface area (Å²) in [5, 5.41) is 2.74. The van der Waals surface area contributed by atoms with Gasteiger partial charge in [0.25, 0.3) is 0 Å². The van der Waals surface area contributed by atoms with E-state index >= 15 is 0 Å². The molecule has 112 valence electrons. The molecule has 0 radical (unpaired) electrons. The van der Waals surface area contributed by atoms with Crippen LogP contribution in [0.15, 0.2) is 30.3 Å². The molecular formula is C13H12F4N4. The van der Waals surface area contributed by atoms with Crippen molar-refractivity contribution in [3.63, 3.8) is 0 Å². The second kappa shape index (κ2) is 5.55. The third-order valence-electron chi connectivity index (χ3n) is 2.71. The zero-order chi connectivity index (χ0) is 15.6. The van der Waals surface area contributed by atoms with Gasteiger partial charge in [-0.05, 0) is 24.6 Å². The number of rotatable bonds is 3. The van der Waals surface area contributed by atoms with Crippen LogP contribution in [0.4, 0.5) is 29.2 Å². The highest BCUT2D eigenvalue weighted by molar-refractivity contribution is 5.46. The molecule has 0 aliphatic rings. The predicted octanol–water partition coefficient (Wildman–Crippen LogP) is 3.39. The minimum Gasteiger partial charge on any atom is -0.384 e. The Balaban J connectivity index is 2.25. The SMILES string of the molecule is CC(Nc1cc(N)nc(C(F)(F)F)n1)c1cccc(F)c1. The van der Waals surface area contributed by atoms with Gasteiger partial charge in [-0.25, -0.2) is 14.4 Å². The van der Waals surface area contributed by atoms with Gasteiger partial charge in [0.1, 0.15) is 17.5 Å². The Morgan fingerprint density at radius 1 is 1.19 bits per heavy atom. The third-order valence-corrected chi connectivity index (χ3v) is 2.71. The van der Waals surface area contributed by atoms with Crippen molar-refractivity contribution < 1.29 is 17.6 Å². The highest BCUT2D eigenvalue weighted by Crippen LogP contribution is 2.28. The molecule has 0 saturated heterocycles. The summed E-state index contributed by atoms with van der Waals surface area (Å²) in [6, 6.07) is 6.46. The van der Waals surface area contributed by atoms with Crippen LogP contribution in [0.3, 0.4) is 0 Å². The molecule has 0 saturated carbocycles. The lowest BCUT2D eigenvalue weighted by atomic mass is 10.1. The zero-order valence-electron chi connectivity index (χ0n) is 10.9. The van der Waals surface area contributed by atoms with Gasteiger partial charge in [-0.1, -0.05) is 12.1 Å². The molecule has 1 unspecified atom stereocenters. The van der Waals surface area contributed by atoms with Gasteiger partial charge < -0.3 is 11.1 Å². The normalized spacial score (nSPS) is 13.0. The molecule has 2 rings (SSSR count). The van der Waals surface area contributed by atoms with Crippen molar-refractivity contribution in [2.45, 2.75) is 19.1 Å². The van der Waals surface area contributed by atoms with E-state index in [4.69, 9.17) is 5.73 Å². The molecule has 0 aliphatic heterocycles. The van der Waals surface area contributed by atoms with Gasteiger partial charge in [0.05, 0.1) is 6.04 Å². The highest BCUT2D eigenvalue weighted by Gasteiger charge is 2.35. The number of nitrogens with two attached hydrogens (primary N) is 1. The zero-order valence-corrected chi connectivity index (χ0v) is 10.9. The van der Waals surface area contributed by atoms with Gasteiger partial charge in [-0.15, -0.1) is 0 Å². The molecule has 0 amide bonds. The van der Waals surface area contributed by atoms with E-state index in [-0.39, 0.29) is 11.6 Å². The van der Waals surface area contributed by atoms with Crippen LogP contribution in [0.25, 0.3) is 0 Å². The van der Waals surface area contributed by atoms with Crippen molar-refractivity contribution in [3.8, 4) is 0 Å². The molecule has 1 heterocycles. The highest BCUT2D eigenvalue weighted by atomic mass is 19.4. The Morgan fingerprint density at radius 2 is 1.90 bits per heavy atom. The third kappa shape index (κ3) is 3.80. The van der Waals surface area contributed by atoms with Gasteiger partial charge in [-0.2, -0.15) is 13.2 Å². The molecule has 2 aromatic rings. The van der Waals surface area contributed by atoms with Crippen LogP contribution in [-0.2, 0) is 6.18 Å². The van der Waals surface area contributed by atoms with E-state index in [9.17, 15) is 17.6 Å². The molecule has 8 heteroatoms. The maximum Gasteiger partial charge on any atom is 0.451 e. The molecule has 1 aromatic carbocycles. The van der Waals surface area contributed by atoms with E-state index < -0.39 is 23.9 Å². The largest absolute Gasteiger partial charge is 0.451 e. The monoisotopic (exact) mass is 300 g/mol. The standard InChI is InChI=1S/C13H12F4N4/c1-7(8-3-2-4-9(14)5-8)19-11-6-10(18)20-12(21-11)13(15,16)17/h2-7H,1H3,(H3,18,19,20,21). The molecule has 21 heavy (non-hydrogen) atoms. The van der Waals surface area contributed by atoms with Crippen molar-refractivity contribution in [3.05, 3.63) is 47.5 Å². The fourth-order valence-corrected chi connectivity index (χ4v) is 1.75. The first-order chi connectivity index (χ1) is 9.75. The maximum atomic E-state index is 13.1. The number of nitrogens with zero attached hydrogens (tertiary/aromatic N) is 2. The predicted molar refractivity (Wildman–Crippen MR) is 69.9 cm³/mol. The van der Waals surface area contributed by atoms with E-state index in [2.05, 4.69) is 15.3 Å². The summed E-state index contributed by atoms with van der Waals surface area (Å²) in [6.45, 7) is 1.67. The first kappa shape index (κ1) is 15.0. The van der Waals surface area contributed by atoms with Crippen molar-refractivity contribution in [1.29, 1.82) is 0 Å². The number of anilines is 2. The molecule has 1 aromatic heterocycles. The molecule has 0 fully saturated rings. The lowest BCUT2D eigenvalue weighted by Gasteiger charge is -2.16. The number of alkyl halides is 3. The van der Waals surface area contributed by atoms with E-state index in [0.717, 1.165) is 0 Å². The number of benzene rings is 1. The van der Waals surface area contributed by atoms with Crippen LogP contribution in [0, 0.1) is 5.82 Å². The van der Waals surface area contributed by atoms with Gasteiger partial charge in [0, 0.05) is 6.07 Å². The van der Waals surface area contributed by atoms with E-state index in [1.165, 1.54) is 24.3 Å². The smallest absolute Gasteiger partial charge is 0.384 e. The molecule has 4 nitrogen and oxygen atoms in total. The molecule has 0 bridgehead atoms. The fraction of sp³-hybridized carbons (Fsp3) is 0.231. The van der Waals surface area contributed by atoms with Crippen LogP contribution in [-0.4, -0.2) is 9.97 Å². The van der Waals surface area contributed by atoms with Crippen LogP contribution in [0.1, 0.15) is 24.4 Å². The first-order valence-corrected chi connectivity index (χ1v) is 5.99. The van der Waals surface area contributed by atoms with Crippen LogP contribution < -0.4 is 11.1 Å². The van der Waals surface area contributed by atoms with Crippen LogP contribution >= 0.6 is 0 Å². The number of aromatic nitrogens is 2. The van der Waals surface area contributed by atoms with Gasteiger partial charge in [-0.3, -0.25) is 0 Å². The Morgan fingerprint density at radius 3 is 2.52 bits per heavy atom. The Kier molecular flexibility index (Phi) is 3.97. The molecule has 0 spiro atoms. The summed E-state index contributed by atoms with van der Waals surface area (Å²) in [4.78, 5) is 6.51. The summed E-state index contributed by atoms with van der Waals surface area (Å²) in [5.74, 6) is -2.13. The Labute approximate surface area is 118 Å². The first-order valence-electron chi connectivity index (χ1n) is 5.99. The summed E-state index contributed by atoms with van der Waals surface area (Å²) in [6.07, 6.45) is -4.69. The van der Waals surface area contributed by atoms with Crippen LogP contribution in [0.5, 0.6) is 0 Å². The Bertz CT molecular complexity index is 642. The molecule has 3 N–H and O–H groups in total. The lowest BCUT2D eigenvalue weighted by molar-refractivity contribution is -0.144. The molecular weight excluding hydrogens is 288 g/mol. The average molecular weight is 300 g/mol. The van der Waals surface area contributed by atoms with Crippen molar-refractivity contribution in [2.75, 3.05) is 11.1 Å². The van der Waals surface area contributed by atoms with E-state index in [0.29, 0.717) is 5.56 Å². The second-order valence-corrected chi connectivity index (χ2v) is 4.42. The number of halogens is 4. The molecule has 1 atom stereocenters. The van der Waals surface area contributed by atoms with Crippen LogP contribution in [0.2, 0.25) is 0 Å². The summed E-state index contributed by atoms with van der Waals surface area (Å²) in [7, 11) is 0. The number of hydrogen-bond donors (Lipinski definition) is 2. The Hall–Kier alpha value is -2.38. The van der Waals surface area contributed by atoms with Gasteiger partial charge in [0.15, 0.2) is 0 Å². The second-order valence-electron chi connectivity index (χ2n) is 4.42. The quantitative estimate of drug-likeness (QED) is 0.853. The van der Waals surface area contributed by atoms with E-state index in [1.54, 1.807) is 13.0 Å². The summed E-state index contributed by atoms with van der Waals surface area (Å²) < 4.78 is 50.9. The van der Waals surface area contributed by atoms with Crippen molar-refractivity contribution in [1.82, 2.24) is 9.97 Å². The average Bonchev–Trinajstić information content (AvgIpc) is 2.37. The van der Waals surface area contributed by atoms with Gasteiger partial charge in [0.2, 0.25) is 5.82 Å². The van der Waals surface area contributed by atoms with Gasteiger partial charge >= 0.3 is 6.18 Å². The topological polar surface area (TPSA) is 63.8 Å². The number of hydrogen-bond acceptors (Lipinski definition) is 4. The minimum atomic E-state index is -4.69. The van der Waals surface area contributed by atoms with Crippen molar-refractivity contribution >= 4 is 11.6 Å². The van der Waals surface area contributed by atoms with E-state index in [1.807, 2.05) is 0 Å². The lowest BCUT2D eigenvalue weighted by Crippen LogP contribution is -2.16. The molecule has 0 aliphatic carbocycles. The maximum absolute atomic E-state index is 13.1. The van der Waals surface area contributed by atoms with Crippen molar-refractivity contribution in [2.24, 2.45) is 0 Å². The number of nitrogens with one attached hydrogen (secondary N) is 1. The minimum absolute atomic E-state index is 0.0772. The fourth-order valence-electron chi connectivity index (χ4n) is 1.75. The summed E-state index contributed by atoms with van der Waals surface area (Å²) in [5.41, 5.74) is 5.91. The number of nitrogen functional groups attached to an aromatic ring is 1.